The number of ether oxygens (including phenoxy) is 2. The van der Waals surface area contributed by atoms with Gasteiger partial charge in [-0.05, 0) is 43.3 Å². The molecule has 1 unspecified atom stereocenters. The van der Waals surface area contributed by atoms with Gasteiger partial charge in [0.25, 0.3) is 0 Å². The van der Waals surface area contributed by atoms with Crippen LogP contribution in [0.15, 0.2) is 58.5 Å². The van der Waals surface area contributed by atoms with Gasteiger partial charge in [0.2, 0.25) is 15.7 Å². The molecular formula is C20H19ClN4O7S. The van der Waals surface area contributed by atoms with Crippen molar-refractivity contribution in [3.05, 3.63) is 63.8 Å². The third-order valence-electron chi connectivity index (χ3n) is 4.66. The van der Waals surface area contributed by atoms with Crippen LogP contribution < -0.4 is 14.8 Å². The molecule has 1 aromatic heterocycles. The van der Waals surface area contributed by atoms with Crippen LogP contribution in [-0.2, 0) is 14.6 Å². The second-order valence-corrected chi connectivity index (χ2v) is 9.17. The van der Waals surface area contributed by atoms with E-state index in [1.165, 1.54) is 63.6 Å². The van der Waals surface area contributed by atoms with Crippen LogP contribution >= 0.6 is 11.6 Å². The van der Waals surface area contributed by atoms with Gasteiger partial charge < -0.3 is 14.8 Å². The second kappa shape index (κ2) is 9.46. The molecule has 0 aliphatic rings. The van der Waals surface area contributed by atoms with Gasteiger partial charge in [-0.3, -0.25) is 14.9 Å². The van der Waals surface area contributed by atoms with Crippen molar-refractivity contribution in [1.82, 2.24) is 9.78 Å². The highest BCUT2D eigenvalue weighted by Gasteiger charge is 2.26. The third-order valence-corrected chi connectivity index (χ3v) is 6.66. The number of halogens is 1. The molecule has 33 heavy (non-hydrogen) atoms. The molecule has 0 spiro atoms. The number of rotatable bonds is 8. The summed E-state index contributed by atoms with van der Waals surface area (Å²) >= 11 is 5.84. The van der Waals surface area contributed by atoms with Crippen LogP contribution in [0.3, 0.4) is 0 Å². The van der Waals surface area contributed by atoms with Crippen molar-refractivity contribution in [2.75, 3.05) is 19.5 Å². The molecule has 11 nitrogen and oxygen atoms in total. The van der Waals surface area contributed by atoms with Crippen LogP contribution in [0.2, 0.25) is 5.02 Å². The van der Waals surface area contributed by atoms with E-state index >= 15 is 0 Å². The molecule has 0 aliphatic carbocycles. The van der Waals surface area contributed by atoms with E-state index in [2.05, 4.69) is 10.4 Å². The zero-order valence-electron chi connectivity index (χ0n) is 17.7. The standard InChI is InChI=1S/C20H19ClN4O7S/c1-12(24-11-18(25(27)28)20(23-24)32-3)19(26)22-14-8-15(31-2)10-17(9-14)33(29,30)16-6-4-13(21)5-7-16/h4-12H,1-3H3,(H,22,26). The van der Waals surface area contributed by atoms with Gasteiger partial charge in [0.15, 0.2) is 0 Å². The number of nitrogens with zero attached hydrogens (tertiary/aromatic N) is 3. The summed E-state index contributed by atoms with van der Waals surface area (Å²) in [5, 5.41) is 18.0. The average Bonchev–Trinajstić information content (AvgIpc) is 3.23. The van der Waals surface area contributed by atoms with Crippen molar-refractivity contribution in [3.8, 4) is 11.6 Å². The molecule has 3 aromatic rings. The fraction of sp³-hybridized carbons (Fsp3) is 0.200. The first-order valence-corrected chi connectivity index (χ1v) is 11.2. The Kier molecular flexibility index (Phi) is 6.89. The van der Waals surface area contributed by atoms with Gasteiger partial charge in [-0.1, -0.05) is 11.6 Å². The monoisotopic (exact) mass is 494 g/mol. The zero-order valence-corrected chi connectivity index (χ0v) is 19.3. The van der Waals surface area contributed by atoms with Crippen molar-refractivity contribution < 1.29 is 27.6 Å². The predicted octanol–water partition coefficient (Wildman–Crippen LogP) is 3.49. The smallest absolute Gasteiger partial charge is 0.350 e. The minimum atomic E-state index is -3.93. The Morgan fingerprint density at radius 3 is 2.36 bits per heavy atom. The minimum absolute atomic E-state index is 0.0155. The molecule has 13 heteroatoms. The van der Waals surface area contributed by atoms with E-state index in [1.54, 1.807) is 0 Å². The molecule has 1 heterocycles. The number of sulfone groups is 1. The highest BCUT2D eigenvalue weighted by atomic mass is 35.5. The normalized spacial score (nSPS) is 12.1. The van der Waals surface area contributed by atoms with Gasteiger partial charge in [-0.25, -0.2) is 13.1 Å². The largest absolute Gasteiger partial charge is 0.497 e. The van der Waals surface area contributed by atoms with Gasteiger partial charge in [0, 0.05) is 16.8 Å². The maximum absolute atomic E-state index is 13.0. The summed E-state index contributed by atoms with van der Waals surface area (Å²) < 4.78 is 37.2. The van der Waals surface area contributed by atoms with Crippen LogP contribution in [0.5, 0.6) is 11.6 Å². The number of aromatic nitrogens is 2. The van der Waals surface area contributed by atoms with E-state index in [1.807, 2.05) is 0 Å². The number of hydrogen-bond acceptors (Lipinski definition) is 8. The topological polar surface area (TPSA) is 143 Å². The summed E-state index contributed by atoms with van der Waals surface area (Å²) in [6.45, 7) is 1.47. The van der Waals surface area contributed by atoms with E-state index in [4.69, 9.17) is 21.1 Å². The number of benzene rings is 2. The lowest BCUT2D eigenvalue weighted by Gasteiger charge is -2.14. The molecule has 3 rings (SSSR count). The number of hydrogen-bond donors (Lipinski definition) is 1. The molecule has 0 bridgehead atoms. The molecule has 1 amide bonds. The van der Waals surface area contributed by atoms with Crippen LogP contribution in [0.1, 0.15) is 13.0 Å². The van der Waals surface area contributed by atoms with Crippen LogP contribution in [-0.4, -0.2) is 43.2 Å². The number of methoxy groups -OCH3 is 2. The van der Waals surface area contributed by atoms with E-state index in [9.17, 15) is 23.3 Å². The predicted molar refractivity (Wildman–Crippen MR) is 119 cm³/mol. The molecule has 0 fully saturated rings. The first kappa shape index (κ1) is 24.0. The quantitative estimate of drug-likeness (QED) is 0.370. The Morgan fingerprint density at radius 1 is 1.15 bits per heavy atom. The molecule has 2 aromatic carbocycles. The summed E-state index contributed by atoms with van der Waals surface area (Å²) in [7, 11) is -1.35. The number of anilines is 1. The molecule has 0 radical (unpaired) electrons. The van der Waals surface area contributed by atoms with Crippen molar-refractivity contribution in [2.24, 2.45) is 0 Å². The van der Waals surface area contributed by atoms with E-state index < -0.39 is 32.4 Å². The number of nitrogens with one attached hydrogen (secondary N) is 1. The van der Waals surface area contributed by atoms with Crippen LogP contribution in [0.25, 0.3) is 0 Å². The maximum atomic E-state index is 13.0. The summed E-state index contributed by atoms with van der Waals surface area (Å²) in [5.41, 5.74) is -0.248. The van der Waals surface area contributed by atoms with Crippen molar-refractivity contribution in [2.45, 2.75) is 22.8 Å². The Balaban J connectivity index is 1.91. The maximum Gasteiger partial charge on any atom is 0.350 e. The number of nitro groups is 1. The Labute approximate surface area is 193 Å². The highest BCUT2D eigenvalue weighted by Crippen LogP contribution is 2.30. The lowest BCUT2D eigenvalue weighted by molar-refractivity contribution is -0.385. The molecule has 0 aliphatic heterocycles. The zero-order chi connectivity index (χ0) is 24.3. The molecule has 0 saturated carbocycles. The van der Waals surface area contributed by atoms with Crippen LogP contribution in [0, 0.1) is 10.1 Å². The minimum Gasteiger partial charge on any atom is -0.497 e. The lowest BCUT2D eigenvalue weighted by atomic mass is 10.2. The second-order valence-electron chi connectivity index (χ2n) is 6.78. The molecule has 1 atom stereocenters. The van der Waals surface area contributed by atoms with Crippen LogP contribution in [0.4, 0.5) is 11.4 Å². The Hall–Kier alpha value is -3.64. The first-order chi connectivity index (χ1) is 15.6. The Bertz CT molecular complexity index is 1310. The van der Waals surface area contributed by atoms with Gasteiger partial charge in [-0.2, -0.15) is 0 Å². The first-order valence-electron chi connectivity index (χ1n) is 9.35. The lowest BCUT2D eigenvalue weighted by Crippen LogP contribution is -2.24. The van der Waals surface area contributed by atoms with E-state index in [0.717, 1.165) is 10.9 Å². The molecule has 1 N–H and O–H groups in total. The summed E-state index contributed by atoms with van der Waals surface area (Å²) in [6.07, 6.45) is 1.07. The molecule has 0 saturated heterocycles. The highest BCUT2D eigenvalue weighted by molar-refractivity contribution is 7.91. The summed E-state index contributed by atoms with van der Waals surface area (Å²) in [5.74, 6) is -0.639. The average molecular weight is 495 g/mol. The third kappa shape index (κ3) is 5.07. The van der Waals surface area contributed by atoms with E-state index in [-0.39, 0.29) is 27.1 Å². The van der Waals surface area contributed by atoms with Gasteiger partial charge in [0.05, 0.1) is 28.9 Å². The van der Waals surface area contributed by atoms with Gasteiger partial charge in [0.1, 0.15) is 18.0 Å². The SMILES string of the molecule is COc1cc(NC(=O)C(C)n2cc([N+](=O)[O-])c(OC)n2)cc(S(=O)(=O)c2ccc(Cl)cc2)c1. The molecular weight excluding hydrogens is 476 g/mol. The number of carbonyl (C=O) groups excluding carboxylic acids is 1. The summed E-state index contributed by atoms with van der Waals surface area (Å²) in [6, 6.07) is 8.72. The number of amides is 1. The van der Waals surface area contributed by atoms with Crippen molar-refractivity contribution in [1.29, 1.82) is 0 Å². The Morgan fingerprint density at radius 2 is 1.82 bits per heavy atom. The van der Waals surface area contributed by atoms with Crippen molar-refractivity contribution in [3.63, 3.8) is 0 Å². The fourth-order valence-electron chi connectivity index (χ4n) is 2.87. The number of carbonyl (C=O) groups is 1. The fourth-order valence-corrected chi connectivity index (χ4v) is 4.31. The van der Waals surface area contributed by atoms with Gasteiger partial charge >= 0.3 is 11.6 Å². The van der Waals surface area contributed by atoms with Gasteiger partial charge in [-0.15, -0.1) is 5.10 Å². The van der Waals surface area contributed by atoms with Crippen molar-refractivity contribution >= 4 is 38.7 Å². The molecule has 174 valence electrons. The van der Waals surface area contributed by atoms with E-state index in [0.29, 0.717) is 5.02 Å². The summed E-state index contributed by atoms with van der Waals surface area (Å²) in [4.78, 5) is 23.1.